The molecular formula is C25H29N5. The minimum absolute atomic E-state index is 0.783. The van der Waals surface area contributed by atoms with Crippen LogP contribution in [0.3, 0.4) is 0 Å². The van der Waals surface area contributed by atoms with E-state index in [9.17, 15) is 0 Å². The zero-order valence-electron chi connectivity index (χ0n) is 18.0. The highest BCUT2D eigenvalue weighted by Crippen LogP contribution is 2.25. The van der Waals surface area contributed by atoms with Gasteiger partial charge in [0.1, 0.15) is 0 Å². The topological polar surface area (TPSA) is 52.7 Å². The van der Waals surface area contributed by atoms with Gasteiger partial charge in [0.05, 0.1) is 22.7 Å². The molecule has 0 heterocycles. The Labute approximate surface area is 179 Å². The maximum atomic E-state index is 4.35. The highest BCUT2D eigenvalue weighted by molar-refractivity contribution is 5.53. The minimum atomic E-state index is 0.783. The van der Waals surface area contributed by atoms with Crippen LogP contribution in [0.25, 0.3) is 0 Å². The summed E-state index contributed by atoms with van der Waals surface area (Å²) in [5.74, 6) is 0. The standard InChI is InChI=1S/C25H29N5/c1-4-18-30(19-5-2)25-16-14-24(15-17-25)29-28-23-12-10-22(11-13-23)27-26-21-8-6-20(3)7-9-21/h6-17H,4-5,18-19H2,1-3H3. The van der Waals surface area contributed by atoms with Gasteiger partial charge < -0.3 is 4.90 Å². The van der Waals surface area contributed by atoms with Gasteiger partial charge in [0, 0.05) is 18.8 Å². The third-order valence-electron chi connectivity index (χ3n) is 4.65. The van der Waals surface area contributed by atoms with Crippen molar-refractivity contribution >= 4 is 28.4 Å². The molecule has 0 aliphatic heterocycles. The van der Waals surface area contributed by atoms with Gasteiger partial charge in [-0.15, -0.1) is 0 Å². The van der Waals surface area contributed by atoms with Gasteiger partial charge in [0.15, 0.2) is 0 Å². The van der Waals surface area contributed by atoms with Gasteiger partial charge in [-0.25, -0.2) is 0 Å². The normalized spacial score (nSPS) is 11.4. The predicted octanol–water partition coefficient (Wildman–Crippen LogP) is 8.45. The van der Waals surface area contributed by atoms with Gasteiger partial charge in [-0.1, -0.05) is 31.5 Å². The molecule has 0 aromatic heterocycles. The average Bonchev–Trinajstić information content (AvgIpc) is 2.78. The lowest BCUT2D eigenvalue weighted by Crippen LogP contribution is -2.24. The Kier molecular flexibility index (Phi) is 7.84. The van der Waals surface area contributed by atoms with Crippen LogP contribution in [0.2, 0.25) is 0 Å². The van der Waals surface area contributed by atoms with Gasteiger partial charge >= 0.3 is 0 Å². The fourth-order valence-electron chi connectivity index (χ4n) is 3.07. The van der Waals surface area contributed by atoms with Crippen molar-refractivity contribution in [2.24, 2.45) is 20.5 Å². The summed E-state index contributed by atoms with van der Waals surface area (Å²) in [6.45, 7) is 8.61. The van der Waals surface area contributed by atoms with E-state index in [0.29, 0.717) is 0 Å². The Morgan fingerprint density at radius 2 is 0.867 bits per heavy atom. The number of hydrogen-bond donors (Lipinski definition) is 0. The number of rotatable bonds is 9. The molecule has 5 nitrogen and oxygen atoms in total. The smallest absolute Gasteiger partial charge is 0.0858 e. The molecule has 0 radical (unpaired) electrons. The lowest BCUT2D eigenvalue weighted by atomic mass is 10.2. The first-order valence-corrected chi connectivity index (χ1v) is 10.5. The molecule has 5 heteroatoms. The van der Waals surface area contributed by atoms with E-state index in [4.69, 9.17) is 0 Å². The van der Waals surface area contributed by atoms with E-state index < -0.39 is 0 Å². The van der Waals surface area contributed by atoms with Crippen molar-refractivity contribution < 1.29 is 0 Å². The van der Waals surface area contributed by atoms with Crippen molar-refractivity contribution in [1.82, 2.24) is 0 Å². The number of aryl methyl sites for hydroxylation is 1. The third-order valence-corrected chi connectivity index (χ3v) is 4.65. The van der Waals surface area contributed by atoms with E-state index in [1.54, 1.807) is 0 Å². The van der Waals surface area contributed by atoms with Gasteiger partial charge in [-0.2, -0.15) is 20.5 Å². The molecule has 0 N–H and O–H groups in total. The molecule has 0 aliphatic rings. The molecule has 0 aliphatic carbocycles. The zero-order chi connectivity index (χ0) is 21.2. The molecule has 0 saturated heterocycles. The number of benzene rings is 3. The summed E-state index contributed by atoms with van der Waals surface area (Å²) in [6, 6.07) is 23.8. The number of nitrogens with zero attached hydrogens (tertiary/aromatic N) is 5. The van der Waals surface area contributed by atoms with Crippen molar-refractivity contribution in [3.63, 3.8) is 0 Å². The van der Waals surface area contributed by atoms with E-state index in [2.05, 4.69) is 58.3 Å². The van der Waals surface area contributed by atoms with Crippen LogP contribution >= 0.6 is 0 Å². The SMILES string of the molecule is CCCN(CCC)c1ccc(N=Nc2ccc(N=Nc3ccc(C)cc3)cc2)cc1. The first-order chi connectivity index (χ1) is 14.7. The first-order valence-electron chi connectivity index (χ1n) is 10.5. The van der Waals surface area contributed by atoms with Crippen LogP contribution in [0, 0.1) is 6.92 Å². The second-order valence-corrected chi connectivity index (χ2v) is 7.26. The molecule has 0 saturated carbocycles. The highest BCUT2D eigenvalue weighted by Gasteiger charge is 2.04. The summed E-state index contributed by atoms with van der Waals surface area (Å²) in [7, 11) is 0. The van der Waals surface area contributed by atoms with Crippen LogP contribution in [-0.4, -0.2) is 13.1 Å². The van der Waals surface area contributed by atoms with Crippen LogP contribution in [0.1, 0.15) is 32.3 Å². The fraction of sp³-hybridized carbons (Fsp3) is 0.280. The van der Waals surface area contributed by atoms with Crippen molar-refractivity contribution in [2.45, 2.75) is 33.6 Å². The monoisotopic (exact) mass is 399 g/mol. The first kappa shape index (κ1) is 21.4. The lowest BCUT2D eigenvalue weighted by molar-refractivity contribution is 0.745. The molecule has 3 aromatic rings. The summed E-state index contributed by atoms with van der Waals surface area (Å²) < 4.78 is 0. The Morgan fingerprint density at radius 1 is 0.533 bits per heavy atom. The van der Waals surface area contributed by atoms with Crippen LogP contribution in [0.15, 0.2) is 93.3 Å². The summed E-state index contributed by atoms with van der Waals surface area (Å²) >= 11 is 0. The summed E-state index contributed by atoms with van der Waals surface area (Å²) in [5.41, 5.74) is 5.69. The summed E-state index contributed by atoms with van der Waals surface area (Å²) in [6.07, 6.45) is 2.28. The van der Waals surface area contributed by atoms with Crippen LogP contribution in [0.4, 0.5) is 28.4 Å². The van der Waals surface area contributed by atoms with E-state index in [1.807, 2.05) is 60.7 Å². The second-order valence-electron chi connectivity index (χ2n) is 7.26. The van der Waals surface area contributed by atoms with Crippen LogP contribution < -0.4 is 4.90 Å². The molecule has 0 bridgehead atoms. The highest BCUT2D eigenvalue weighted by atomic mass is 15.1. The fourth-order valence-corrected chi connectivity index (χ4v) is 3.07. The lowest BCUT2D eigenvalue weighted by Gasteiger charge is -2.23. The van der Waals surface area contributed by atoms with Crippen molar-refractivity contribution in [3.8, 4) is 0 Å². The van der Waals surface area contributed by atoms with Gasteiger partial charge in [-0.3, -0.25) is 0 Å². The Balaban J connectivity index is 1.61. The molecule has 0 spiro atoms. The van der Waals surface area contributed by atoms with Crippen LogP contribution in [0.5, 0.6) is 0 Å². The van der Waals surface area contributed by atoms with Crippen LogP contribution in [-0.2, 0) is 0 Å². The maximum absolute atomic E-state index is 4.35. The minimum Gasteiger partial charge on any atom is -0.372 e. The van der Waals surface area contributed by atoms with Gasteiger partial charge in [-0.05, 0) is 80.4 Å². The van der Waals surface area contributed by atoms with E-state index in [0.717, 1.165) is 48.7 Å². The number of hydrogen-bond acceptors (Lipinski definition) is 5. The Bertz CT molecular complexity index is 952. The van der Waals surface area contributed by atoms with Crippen molar-refractivity contribution in [3.05, 3.63) is 78.4 Å². The molecule has 0 amide bonds. The zero-order valence-corrected chi connectivity index (χ0v) is 18.0. The van der Waals surface area contributed by atoms with E-state index in [1.165, 1.54) is 11.3 Å². The average molecular weight is 400 g/mol. The van der Waals surface area contributed by atoms with Gasteiger partial charge in [0.25, 0.3) is 0 Å². The molecule has 154 valence electrons. The third kappa shape index (κ3) is 6.34. The summed E-state index contributed by atoms with van der Waals surface area (Å²) in [5, 5.41) is 17.2. The number of azo groups is 2. The Hall–Kier alpha value is -3.34. The van der Waals surface area contributed by atoms with E-state index >= 15 is 0 Å². The predicted molar refractivity (Wildman–Crippen MR) is 125 cm³/mol. The van der Waals surface area contributed by atoms with Crippen molar-refractivity contribution in [1.29, 1.82) is 0 Å². The Morgan fingerprint density at radius 3 is 1.23 bits per heavy atom. The molecule has 3 rings (SSSR count). The summed E-state index contributed by atoms with van der Waals surface area (Å²) in [4.78, 5) is 2.41. The largest absolute Gasteiger partial charge is 0.372 e. The maximum Gasteiger partial charge on any atom is 0.0858 e. The van der Waals surface area contributed by atoms with Gasteiger partial charge in [0.2, 0.25) is 0 Å². The molecule has 3 aromatic carbocycles. The van der Waals surface area contributed by atoms with Crippen molar-refractivity contribution in [2.75, 3.05) is 18.0 Å². The molecule has 30 heavy (non-hydrogen) atoms. The van der Waals surface area contributed by atoms with E-state index in [-0.39, 0.29) is 0 Å². The molecule has 0 fully saturated rings. The second kappa shape index (κ2) is 11.0. The number of anilines is 1. The molecular weight excluding hydrogens is 370 g/mol. The quantitative estimate of drug-likeness (QED) is 0.333. The molecule has 0 atom stereocenters. The molecule has 0 unspecified atom stereocenters.